The lowest BCUT2D eigenvalue weighted by Gasteiger charge is -2.41. The van der Waals surface area contributed by atoms with E-state index >= 15 is 0 Å². The number of pyridine rings is 1. The molecule has 1 atom stereocenters. The van der Waals surface area contributed by atoms with E-state index in [4.69, 9.17) is 5.73 Å². The van der Waals surface area contributed by atoms with Crippen LogP contribution in [0.15, 0.2) is 18.3 Å². The van der Waals surface area contributed by atoms with Crippen LogP contribution in [0.1, 0.15) is 23.2 Å². The summed E-state index contributed by atoms with van der Waals surface area (Å²) in [5.41, 5.74) is 5.97. The van der Waals surface area contributed by atoms with E-state index in [0.717, 1.165) is 25.9 Å². The van der Waals surface area contributed by atoms with Crippen molar-refractivity contribution in [3.8, 4) is 0 Å². The van der Waals surface area contributed by atoms with Crippen molar-refractivity contribution in [1.82, 2.24) is 25.0 Å². The molecular weight excluding hydrogens is 348 g/mol. The van der Waals surface area contributed by atoms with Crippen LogP contribution in [0.5, 0.6) is 0 Å². The molecule has 3 saturated heterocycles. The minimum atomic E-state index is -0.415. The van der Waals surface area contributed by atoms with Gasteiger partial charge < -0.3 is 25.8 Å². The zero-order valence-corrected chi connectivity index (χ0v) is 15.1. The van der Waals surface area contributed by atoms with Crippen LogP contribution in [0, 0.1) is 5.92 Å². The van der Waals surface area contributed by atoms with Crippen molar-refractivity contribution < 1.29 is 14.4 Å². The van der Waals surface area contributed by atoms with E-state index < -0.39 is 6.17 Å². The predicted octanol–water partition coefficient (Wildman–Crippen LogP) is -0.884. The van der Waals surface area contributed by atoms with E-state index in [-0.39, 0.29) is 30.8 Å². The molecule has 3 aliphatic heterocycles. The van der Waals surface area contributed by atoms with E-state index in [0.29, 0.717) is 30.4 Å². The third-order valence-electron chi connectivity index (χ3n) is 5.62. The van der Waals surface area contributed by atoms with Gasteiger partial charge in [-0.15, -0.1) is 0 Å². The molecule has 0 radical (unpaired) electrons. The molecule has 3 N–H and O–H groups in total. The van der Waals surface area contributed by atoms with Crippen LogP contribution >= 0.6 is 0 Å². The van der Waals surface area contributed by atoms with Gasteiger partial charge in [0.1, 0.15) is 25.1 Å². The number of amides is 3. The summed E-state index contributed by atoms with van der Waals surface area (Å²) in [6, 6.07) is 3.18. The van der Waals surface area contributed by atoms with E-state index in [1.165, 1.54) is 16.0 Å². The number of aromatic nitrogens is 1. The lowest BCUT2D eigenvalue weighted by Crippen LogP contribution is -2.59. The minimum absolute atomic E-state index is 0.0116. The van der Waals surface area contributed by atoms with Crippen LogP contribution in [-0.2, 0) is 9.59 Å². The summed E-state index contributed by atoms with van der Waals surface area (Å²) >= 11 is 0. The van der Waals surface area contributed by atoms with E-state index in [2.05, 4.69) is 10.3 Å². The quantitative estimate of drug-likeness (QED) is 0.712. The Morgan fingerprint density at radius 3 is 2.67 bits per heavy atom. The van der Waals surface area contributed by atoms with Crippen LogP contribution in [0.4, 0.5) is 5.82 Å². The molecule has 0 spiro atoms. The van der Waals surface area contributed by atoms with Crippen LogP contribution in [-0.4, -0.2) is 82.8 Å². The Morgan fingerprint density at radius 1 is 1.19 bits per heavy atom. The fourth-order valence-corrected chi connectivity index (χ4v) is 4.07. The van der Waals surface area contributed by atoms with E-state index in [9.17, 15) is 14.4 Å². The average molecular weight is 372 g/mol. The number of piperidine rings is 1. The number of rotatable bonds is 3. The van der Waals surface area contributed by atoms with Gasteiger partial charge >= 0.3 is 0 Å². The SMILES string of the molecule is Nc1ccc(C(=O)N2CC(=O)N3CC(=O)N(CC4CCNCC4)CC32)cn1. The summed E-state index contributed by atoms with van der Waals surface area (Å²) < 4.78 is 0. The summed E-state index contributed by atoms with van der Waals surface area (Å²) in [7, 11) is 0. The molecule has 4 heterocycles. The topological polar surface area (TPSA) is 112 Å². The number of nitrogens with one attached hydrogen (secondary N) is 1. The number of anilines is 1. The normalized spacial score (nSPS) is 23.7. The molecule has 4 rings (SSSR count). The zero-order valence-electron chi connectivity index (χ0n) is 15.1. The van der Waals surface area contributed by atoms with E-state index in [1.54, 1.807) is 12.1 Å². The molecule has 0 bridgehead atoms. The molecule has 3 aliphatic rings. The highest BCUT2D eigenvalue weighted by Crippen LogP contribution is 2.25. The van der Waals surface area contributed by atoms with Crippen LogP contribution < -0.4 is 11.1 Å². The number of fused-ring (bicyclic) bond motifs is 1. The Hall–Kier alpha value is -2.68. The van der Waals surface area contributed by atoms with Gasteiger partial charge in [0.25, 0.3) is 5.91 Å². The highest BCUT2D eigenvalue weighted by Gasteiger charge is 2.46. The first-order valence-corrected chi connectivity index (χ1v) is 9.33. The number of nitrogens with zero attached hydrogens (tertiary/aromatic N) is 4. The third-order valence-corrected chi connectivity index (χ3v) is 5.62. The number of nitrogen functional groups attached to an aromatic ring is 1. The Kier molecular flexibility index (Phi) is 4.69. The van der Waals surface area contributed by atoms with Crippen LogP contribution in [0.25, 0.3) is 0 Å². The monoisotopic (exact) mass is 372 g/mol. The molecule has 0 aromatic carbocycles. The average Bonchev–Trinajstić information content (AvgIpc) is 2.99. The predicted molar refractivity (Wildman–Crippen MR) is 97.4 cm³/mol. The Morgan fingerprint density at radius 2 is 1.96 bits per heavy atom. The smallest absolute Gasteiger partial charge is 0.257 e. The molecule has 3 amide bonds. The van der Waals surface area contributed by atoms with Gasteiger partial charge in [-0.2, -0.15) is 0 Å². The third kappa shape index (κ3) is 3.46. The summed E-state index contributed by atoms with van der Waals surface area (Å²) in [6.45, 7) is 3.01. The Labute approximate surface area is 157 Å². The maximum atomic E-state index is 12.9. The molecule has 0 saturated carbocycles. The van der Waals surface area contributed by atoms with Gasteiger partial charge in [0.15, 0.2) is 0 Å². The zero-order chi connectivity index (χ0) is 19.0. The Balaban J connectivity index is 1.50. The van der Waals surface area contributed by atoms with Gasteiger partial charge in [-0.3, -0.25) is 14.4 Å². The summed E-state index contributed by atoms with van der Waals surface area (Å²) in [6.07, 6.45) is 3.08. The van der Waals surface area contributed by atoms with Crippen molar-refractivity contribution in [3.63, 3.8) is 0 Å². The maximum absolute atomic E-state index is 12.9. The number of piperazine rings is 1. The summed E-state index contributed by atoms with van der Waals surface area (Å²) in [5.74, 6) is 0.305. The van der Waals surface area contributed by atoms with Crippen molar-refractivity contribution in [2.45, 2.75) is 19.0 Å². The van der Waals surface area contributed by atoms with Crippen molar-refractivity contribution in [2.24, 2.45) is 5.92 Å². The minimum Gasteiger partial charge on any atom is -0.384 e. The van der Waals surface area contributed by atoms with E-state index in [1.807, 2.05) is 4.90 Å². The number of carbonyl (C=O) groups is 3. The second-order valence-corrected chi connectivity index (χ2v) is 7.40. The molecule has 27 heavy (non-hydrogen) atoms. The van der Waals surface area contributed by atoms with Gasteiger partial charge in [-0.25, -0.2) is 4.98 Å². The molecule has 0 aliphatic carbocycles. The van der Waals surface area contributed by atoms with Crippen LogP contribution in [0.3, 0.4) is 0 Å². The molecule has 1 aromatic rings. The molecule has 9 nitrogen and oxygen atoms in total. The molecule has 144 valence electrons. The second-order valence-electron chi connectivity index (χ2n) is 7.40. The fourth-order valence-electron chi connectivity index (χ4n) is 4.07. The summed E-state index contributed by atoms with van der Waals surface area (Å²) in [4.78, 5) is 46.6. The highest BCUT2D eigenvalue weighted by molar-refractivity contribution is 5.99. The lowest BCUT2D eigenvalue weighted by atomic mass is 9.97. The highest BCUT2D eigenvalue weighted by atomic mass is 16.2. The number of hydrogen-bond acceptors (Lipinski definition) is 6. The van der Waals surface area contributed by atoms with Crippen molar-refractivity contribution in [3.05, 3.63) is 23.9 Å². The number of carbonyl (C=O) groups excluding carboxylic acids is 3. The molecular formula is C18H24N6O3. The van der Waals surface area contributed by atoms with Crippen LogP contribution in [0.2, 0.25) is 0 Å². The first-order chi connectivity index (χ1) is 13.0. The van der Waals surface area contributed by atoms with Gasteiger partial charge in [0.05, 0.1) is 12.1 Å². The van der Waals surface area contributed by atoms with Gasteiger partial charge in [-0.1, -0.05) is 0 Å². The lowest BCUT2D eigenvalue weighted by molar-refractivity contribution is -0.146. The van der Waals surface area contributed by atoms with Crippen molar-refractivity contribution >= 4 is 23.5 Å². The molecule has 3 fully saturated rings. The molecule has 1 unspecified atom stereocenters. The Bertz CT molecular complexity index is 746. The first kappa shape index (κ1) is 17.7. The fraction of sp³-hybridized carbons (Fsp3) is 0.556. The van der Waals surface area contributed by atoms with Gasteiger partial charge in [0, 0.05) is 12.7 Å². The standard InChI is InChI=1S/C18H24N6O3/c19-14-2-1-13(7-21-14)18(27)24-11-17(26)23-10-16(25)22(9-15(23)24)8-12-3-5-20-6-4-12/h1-2,7,12,15,20H,3-6,8-11H2,(H2,19,21). The largest absolute Gasteiger partial charge is 0.384 e. The number of nitrogens with two attached hydrogens (primary N) is 1. The van der Waals surface area contributed by atoms with Gasteiger partial charge in [-0.05, 0) is 44.0 Å². The maximum Gasteiger partial charge on any atom is 0.257 e. The van der Waals surface area contributed by atoms with Gasteiger partial charge in [0.2, 0.25) is 11.8 Å². The summed E-state index contributed by atoms with van der Waals surface area (Å²) in [5, 5.41) is 3.33. The molecule has 1 aromatic heterocycles. The second kappa shape index (κ2) is 7.15. The number of hydrogen-bond donors (Lipinski definition) is 2. The van der Waals surface area contributed by atoms with Crippen molar-refractivity contribution in [2.75, 3.05) is 45.0 Å². The molecule has 9 heteroatoms. The van der Waals surface area contributed by atoms with Crippen molar-refractivity contribution in [1.29, 1.82) is 0 Å². The first-order valence-electron chi connectivity index (χ1n) is 9.33.